The number of carbonyl (C=O) groups excluding carboxylic acids is 1. The quantitative estimate of drug-likeness (QED) is 0.680. The Morgan fingerprint density at radius 3 is 2.70 bits per heavy atom. The van der Waals surface area contributed by atoms with Crippen molar-refractivity contribution in [3.05, 3.63) is 11.1 Å². The second-order valence-electron chi connectivity index (χ2n) is 7.68. The molecule has 4 aliphatic carbocycles. The Labute approximate surface area is 121 Å². The molecule has 110 valence electrons. The van der Waals surface area contributed by atoms with E-state index in [1.165, 1.54) is 32.1 Å². The van der Waals surface area contributed by atoms with Crippen molar-refractivity contribution in [1.82, 2.24) is 0 Å². The highest BCUT2D eigenvalue weighted by Crippen LogP contribution is 2.70. The van der Waals surface area contributed by atoms with Gasteiger partial charge < -0.3 is 5.11 Å². The lowest BCUT2D eigenvalue weighted by atomic mass is 9.48. The summed E-state index contributed by atoms with van der Waals surface area (Å²) in [6.45, 7) is 0. The van der Waals surface area contributed by atoms with E-state index in [4.69, 9.17) is 0 Å². The van der Waals surface area contributed by atoms with Crippen molar-refractivity contribution in [3.8, 4) is 0 Å². The number of carbonyl (C=O) groups is 1. The fraction of sp³-hybridized carbons (Fsp3) is 0.833. The van der Waals surface area contributed by atoms with E-state index in [2.05, 4.69) is 0 Å². The normalized spacial score (nSPS) is 44.6. The first kappa shape index (κ1) is 13.1. The topological polar surface area (TPSA) is 37.3 Å². The molecule has 0 unspecified atom stereocenters. The van der Waals surface area contributed by atoms with Gasteiger partial charge in [0.15, 0.2) is 0 Å². The molecular formula is C18H26O2. The first-order valence-corrected chi connectivity index (χ1v) is 8.59. The lowest BCUT2D eigenvalue weighted by Gasteiger charge is -2.56. The lowest BCUT2D eigenvalue weighted by molar-refractivity contribution is -0.144. The van der Waals surface area contributed by atoms with Crippen LogP contribution in [0.5, 0.6) is 0 Å². The van der Waals surface area contributed by atoms with Gasteiger partial charge in [0.1, 0.15) is 5.78 Å². The maximum absolute atomic E-state index is 12.2. The zero-order chi connectivity index (χ0) is 13.8. The van der Waals surface area contributed by atoms with Crippen molar-refractivity contribution in [2.24, 2.45) is 10.8 Å². The summed E-state index contributed by atoms with van der Waals surface area (Å²) in [7, 11) is 0. The summed E-state index contributed by atoms with van der Waals surface area (Å²) < 4.78 is 0. The monoisotopic (exact) mass is 274 g/mol. The largest absolute Gasteiger partial charge is 0.393 e. The molecule has 0 aliphatic heterocycles. The van der Waals surface area contributed by atoms with Crippen molar-refractivity contribution in [2.75, 3.05) is 0 Å². The van der Waals surface area contributed by atoms with Crippen LogP contribution in [-0.4, -0.2) is 17.0 Å². The van der Waals surface area contributed by atoms with E-state index in [1.807, 2.05) is 0 Å². The number of rotatable bonds is 0. The van der Waals surface area contributed by atoms with Crippen LogP contribution in [0.15, 0.2) is 11.1 Å². The molecule has 1 N–H and O–H groups in total. The number of hydrogen-bond acceptors (Lipinski definition) is 2. The van der Waals surface area contributed by atoms with E-state index in [0.717, 1.165) is 38.5 Å². The first-order valence-electron chi connectivity index (χ1n) is 8.59. The molecule has 0 aromatic carbocycles. The van der Waals surface area contributed by atoms with E-state index in [0.29, 0.717) is 12.2 Å². The average molecular weight is 274 g/mol. The Kier molecular flexibility index (Phi) is 2.89. The number of hydrogen-bond donors (Lipinski definition) is 1. The summed E-state index contributed by atoms with van der Waals surface area (Å²) in [4.78, 5) is 12.2. The SMILES string of the molecule is O=C1CC[C@]23CC4=C(CCCCC4)[C@]2(CCC[C@H]3O)C1. The van der Waals surface area contributed by atoms with Crippen molar-refractivity contribution in [1.29, 1.82) is 0 Å². The maximum atomic E-state index is 12.2. The highest BCUT2D eigenvalue weighted by molar-refractivity contribution is 5.81. The van der Waals surface area contributed by atoms with Crippen LogP contribution in [0.3, 0.4) is 0 Å². The molecule has 2 nitrogen and oxygen atoms in total. The summed E-state index contributed by atoms with van der Waals surface area (Å²) in [6.07, 6.45) is 12.9. The van der Waals surface area contributed by atoms with Gasteiger partial charge >= 0.3 is 0 Å². The van der Waals surface area contributed by atoms with Crippen LogP contribution in [0, 0.1) is 10.8 Å². The highest BCUT2D eigenvalue weighted by atomic mass is 16.3. The van der Waals surface area contributed by atoms with Gasteiger partial charge in [-0.1, -0.05) is 17.6 Å². The van der Waals surface area contributed by atoms with Crippen LogP contribution in [0.2, 0.25) is 0 Å². The molecule has 0 heterocycles. The molecule has 20 heavy (non-hydrogen) atoms. The molecule has 4 rings (SSSR count). The fourth-order valence-corrected chi connectivity index (χ4v) is 6.13. The standard InChI is InChI=1S/C18H26O2/c19-14-8-10-18-11-13-5-2-1-3-6-15(13)17(18,12-14)9-4-7-16(18)20/h16,20H,1-12H2/t16-,17+,18-/m1/s1. The molecule has 2 saturated carbocycles. The minimum atomic E-state index is -0.170. The fourth-order valence-electron chi connectivity index (χ4n) is 6.13. The van der Waals surface area contributed by atoms with Gasteiger partial charge in [-0.3, -0.25) is 4.79 Å². The molecule has 2 heteroatoms. The predicted molar refractivity (Wildman–Crippen MR) is 78.3 cm³/mol. The number of Topliss-reactive ketones (excluding diaryl/α,β-unsaturated/α-hetero) is 1. The highest BCUT2D eigenvalue weighted by Gasteiger charge is 2.64. The minimum absolute atomic E-state index is 0.0428. The second-order valence-corrected chi connectivity index (χ2v) is 7.68. The minimum Gasteiger partial charge on any atom is -0.393 e. The van der Waals surface area contributed by atoms with Gasteiger partial charge in [0, 0.05) is 23.7 Å². The van der Waals surface area contributed by atoms with E-state index in [1.54, 1.807) is 11.1 Å². The van der Waals surface area contributed by atoms with Gasteiger partial charge in [0.25, 0.3) is 0 Å². The molecule has 3 atom stereocenters. The Balaban J connectivity index is 1.84. The maximum Gasteiger partial charge on any atom is 0.133 e. The van der Waals surface area contributed by atoms with Gasteiger partial charge in [-0.25, -0.2) is 0 Å². The van der Waals surface area contributed by atoms with Crippen LogP contribution in [0.1, 0.15) is 77.0 Å². The first-order chi connectivity index (χ1) is 9.68. The lowest BCUT2D eigenvalue weighted by Crippen LogP contribution is -2.54. The third-order valence-corrected chi connectivity index (χ3v) is 6.96. The van der Waals surface area contributed by atoms with E-state index in [-0.39, 0.29) is 16.9 Å². The summed E-state index contributed by atoms with van der Waals surface area (Å²) in [5.41, 5.74) is 3.40. The van der Waals surface area contributed by atoms with Crippen molar-refractivity contribution < 1.29 is 9.90 Å². The zero-order valence-corrected chi connectivity index (χ0v) is 12.4. The Bertz CT molecular complexity index is 478. The molecule has 0 bridgehead atoms. The molecular weight excluding hydrogens is 248 g/mol. The number of allylic oxidation sites excluding steroid dienone is 2. The summed E-state index contributed by atoms with van der Waals surface area (Å²) in [5, 5.41) is 10.8. The summed E-state index contributed by atoms with van der Waals surface area (Å²) in [5.74, 6) is 0.452. The molecule has 0 amide bonds. The molecule has 2 fully saturated rings. The molecule has 0 aromatic rings. The molecule has 0 saturated heterocycles. The van der Waals surface area contributed by atoms with Gasteiger partial charge in [0.2, 0.25) is 0 Å². The van der Waals surface area contributed by atoms with Crippen molar-refractivity contribution in [3.63, 3.8) is 0 Å². The van der Waals surface area contributed by atoms with Gasteiger partial charge in [-0.05, 0) is 57.8 Å². The van der Waals surface area contributed by atoms with Crippen molar-refractivity contribution >= 4 is 5.78 Å². The predicted octanol–water partition coefficient (Wildman–Crippen LogP) is 3.92. The second kappa shape index (κ2) is 4.43. The van der Waals surface area contributed by atoms with Crippen LogP contribution in [0.25, 0.3) is 0 Å². The summed E-state index contributed by atoms with van der Waals surface area (Å²) in [6, 6.07) is 0. The van der Waals surface area contributed by atoms with Crippen LogP contribution < -0.4 is 0 Å². The average Bonchev–Trinajstić information content (AvgIpc) is 2.58. The molecule has 0 radical (unpaired) electrons. The van der Waals surface area contributed by atoms with Gasteiger partial charge in [0.05, 0.1) is 6.10 Å². The zero-order valence-electron chi connectivity index (χ0n) is 12.4. The number of aliphatic hydroxyl groups excluding tert-OH is 1. The van der Waals surface area contributed by atoms with Gasteiger partial charge in [-0.15, -0.1) is 0 Å². The summed E-state index contributed by atoms with van der Waals surface area (Å²) >= 11 is 0. The smallest absolute Gasteiger partial charge is 0.133 e. The third kappa shape index (κ3) is 1.52. The van der Waals surface area contributed by atoms with E-state index in [9.17, 15) is 9.90 Å². The van der Waals surface area contributed by atoms with Crippen LogP contribution in [-0.2, 0) is 4.79 Å². The Morgan fingerprint density at radius 2 is 1.80 bits per heavy atom. The van der Waals surface area contributed by atoms with Crippen molar-refractivity contribution in [2.45, 2.75) is 83.2 Å². The third-order valence-electron chi connectivity index (χ3n) is 6.96. The molecule has 0 spiro atoms. The van der Waals surface area contributed by atoms with E-state index < -0.39 is 0 Å². The Morgan fingerprint density at radius 1 is 0.950 bits per heavy atom. The Hall–Kier alpha value is -0.630. The number of ketones is 1. The van der Waals surface area contributed by atoms with Crippen LogP contribution >= 0.6 is 0 Å². The molecule has 0 aromatic heterocycles. The van der Waals surface area contributed by atoms with Gasteiger partial charge in [-0.2, -0.15) is 0 Å². The van der Waals surface area contributed by atoms with Crippen LogP contribution in [0.4, 0.5) is 0 Å². The number of aliphatic hydroxyl groups is 1. The molecule has 4 aliphatic rings. The van der Waals surface area contributed by atoms with E-state index >= 15 is 0 Å².